The van der Waals surface area contributed by atoms with E-state index in [1.807, 2.05) is 6.07 Å². The molecular weight excluding hydrogens is 312 g/mol. The average Bonchev–Trinajstić information content (AvgIpc) is 3.00. The molecule has 0 bridgehead atoms. The van der Waals surface area contributed by atoms with Crippen molar-refractivity contribution >= 4 is 5.78 Å². The van der Waals surface area contributed by atoms with E-state index in [9.17, 15) is 9.90 Å². The van der Waals surface area contributed by atoms with Crippen molar-refractivity contribution in [2.45, 2.75) is 50.8 Å². The van der Waals surface area contributed by atoms with Gasteiger partial charge in [0.15, 0.2) is 24.0 Å². The van der Waals surface area contributed by atoms with Gasteiger partial charge in [-0.1, -0.05) is 24.3 Å². The first-order valence-corrected chi connectivity index (χ1v) is 7.92. The molecule has 2 unspecified atom stereocenters. The molecule has 2 fully saturated rings. The van der Waals surface area contributed by atoms with Crippen molar-refractivity contribution in [1.82, 2.24) is 0 Å². The Morgan fingerprint density at radius 2 is 2.21 bits per heavy atom. The Hall–Kier alpha value is -1.57. The number of aliphatic hydroxyl groups excluding tert-OH is 1. The molecule has 0 radical (unpaired) electrons. The number of aliphatic hydroxyl groups is 1. The maximum atomic E-state index is 12.7. The van der Waals surface area contributed by atoms with Crippen LogP contribution in [-0.4, -0.2) is 47.9 Å². The van der Waals surface area contributed by atoms with Crippen LogP contribution in [0.1, 0.15) is 29.8 Å². The molecule has 0 aromatic heterocycles. The van der Waals surface area contributed by atoms with Gasteiger partial charge in [-0.3, -0.25) is 4.79 Å². The summed E-state index contributed by atoms with van der Waals surface area (Å²) in [6.45, 7) is 7.89. The molecule has 6 heteroatoms. The fourth-order valence-electron chi connectivity index (χ4n) is 2.95. The Labute approximate surface area is 141 Å². The second-order valence-electron chi connectivity index (χ2n) is 6.38. The number of hydrogen-bond donors (Lipinski definition) is 1. The summed E-state index contributed by atoms with van der Waals surface area (Å²) in [4.78, 5) is 12.7. The molecule has 0 saturated carbocycles. The van der Waals surface area contributed by atoms with Crippen LogP contribution in [0, 0.1) is 0 Å². The lowest BCUT2D eigenvalue weighted by molar-refractivity contribution is -0.208. The fourth-order valence-corrected chi connectivity index (χ4v) is 2.95. The Morgan fingerprint density at radius 3 is 2.92 bits per heavy atom. The highest BCUT2D eigenvalue weighted by Gasteiger charge is 2.56. The van der Waals surface area contributed by atoms with Crippen molar-refractivity contribution in [3.63, 3.8) is 0 Å². The lowest BCUT2D eigenvalue weighted by atomic mass is 9.99. The zero-order valence-corrected chi connectivity index (χ0v) is 13.8. The van der Waals surface area contributed by atoms with Crippen molar-refractivity contribution in [3.05, 3.63) is 48.0 Å². The Morgan fingerprint density at radius 1 is 1.42 bits per heavy atom. The van der Waals surface area contributed by atoms with E-state index in [0.29, 0.717) is 18.8 Å². The molecule has 2 aliphatic rings. The average molecular weight is 334 g/mol. The van der Waals surface area contributed by atoms with Crippen LogP contribution in [0.15, 0.2) is 36.9 Å². The summed E-state index contributed by atoms with van der Waals surface area (Å²) in [5, 5.41) is 10.4. The second kappa shape index (κ2) is 6.74. The predicted octanol–water partition coefficient (Wildman–Crippen LogP) is 1.81. The number of ether oxygens (including phenoxy) is 4. The molecule has 1 aromatic carbocycles. The normalized spacial score (nSPS) is 31.0. The molecule has 2 aliphatic heterocycles. The molecule has 24 heavy (non-hydrogen) atoms. The summed E-state index contributed by atoms with van der Waals surface area (Å²) in [5.74, 6) is -1.13. The van der Waals surface area contributed by atoms with E-state index in [-0.39, 0.29) is 5.78 Å². The highest BCUT2D eigenvalue weighted by atomic mass is 16.8. The number of carbonyl (C=O) groups is 1. The predicted molar refractivity (Wildman–Crippen MR) is 85.3 cm³/mol. The van der Waals surface area contributed by atoms with Crippen LogP contribution in [0.3, 0.4) is 0 Å². The third kappa shape index (κ3) is 3.43. The van der Waals surface area contributed by atoms with Gasteiger partial charge >= 0.3 is 0 Å². The summed E-state index contributed by atoms with van der Waals surface area (Å²) in [7, 11) is 0. The standard InChI is InChI=1S/C18H22O6/c1-4-8-21-10-11-6-5-7-12(9-11)13(19)15-14(20)16-17(22-15)24-18(2,3)23-16/h4-7,9,14-17,20H,1,8,10H2,2-3H3/t14-,15?,16+,17?/m1/s1. The van der Waals surface area contributed by atoms with E-state index in [4.69, 9.17) is 18.9 Å². The highest BCUT2D eigenvalue weighted by Crippen LogP contribution is 2.38. The molecule has 130 valence electrons. The quantitative estimate of drug-likeness (QED) is 0.486. The van der Waals surface area contributed by atoms with Crippen LogP contribution in [0.5, 0.6) is 0 Å². The van der Waals surface area contributed by atoms with Crippen LogP contribution in [0.25, 0.3) is 0 Å². The summed E-state index contributed by atoms with van der Waals surface area (Å²) in [5.41, 5.74) is 1.32. The number of benzene rings is 1. The largest absolute Gasteiger partial charge is 0.387 e. The second-order valence-corrected chi connectivity index (χ2v) is 6.38. The molecule has 2 saturated heterocycles. The van der Waals surface area contributed by atoms with Crippen LogP contribution >= 0.6 is 0 Å². The van der Waals surface area contributed by atoms with Crippen molar-refractivity contribution in [1.29, 1.82) is 0 Å². The summed E-state index contributed by atoms with van der Waals surface area (Å²) in [6.07, 6.45) is -1.79. The van der Waals surface area contributed by atoms with Crippen molar-refractivity contribution in [2.75, 3.05) is 6.61 Å². The van der Waals surface area contributed by atoms with Gasteiger partial charge in [-0.2, -0.15) is 0 Å². The van der Waals surface area contributed by atoms with Crippen LogP contribution < -0.4 is 0 Å². The molecule has 3 rings (SSSR count). The molecule has 6 nitrogen and oxygen atoms in total. The fraction of sp³-hybridized carbons (Fsp3) is 0.500. The maximum absolute atomic E-state index is 12.7. The number of Topliss-reactive ketones (excluding diaryl/α,β-unsaturated/α-hetero) is 1. The Balaban J connectivity index is 1.69. The molecule has 0 amide bonds. The number of hydrogen-bond acceptors (Lipinski definition) is 6. The van der Waals surface area contributed by atoms with E-state index in [2.05, 4.69) is 6.58 Å². The van der Waals surface area contributed by atoms with Gasteiger partial charge in [0.1, 0.15) is 12.2 Å². The molecule has 2 heterocycles. The molecule has 4 atom stereocenters. The Bertz CT molecular complexity index is 626. The first-order valence-electron chi connectivity index (χ1n) is 7.92. The first kappa shape index (κ1) is 17.3. The Kier molecular flexibility index (Phi) is 4.85. The number of ketones is 1. The van der Waals surface area contributed by atoms with Gasteiger partial charge in [0.05, 0.1) is 13.2 Å². The molecule has 1 N–H and O–H groups in total. The van der Waals surface area contributed by atoms with Gasteiger partial charge in [-0.05, 0) is 25.5 Å². The number of rotatable bonds is 6. The van der Waals surface area contributed by atoms with E-state index in [0.717, 1.165) is 5.56 Å². The zero-order chi connectivity index (χ0) is 17.3. The van der Waals surface area contributed by atoms with Crippen molar-refractivity contribution in [3.8, 4) is 0 Å². The highest BCUT2D eigenvalue weighted by molar-refractivity contribution is 6.00. The molecule has 1 aromatic rings. The van der Waals surface area contributed by atoms with E-state index in [1.165, 1.54) is 0 Å². The summed E-state index contributed by atoms with van der Waals surface area (Å²) in [6, 6.07) is 7.07. The van der Waals surface area contributed by atoms with Crippen molar-refractivity contribution < 1.29 is 28.8 Å². The SMILES string of the molecule is C=CCOCc1cccc(C(=O)C2OC3OC(C)(C)O[C@H]3[C@@H]2O)c1. The molecular formula is C18H22O6. The monoisotopic (exact) mass is 334 g/mol. The van der Waals surface area contributed by atoms with Crippen molar-refractivity contribution in [2.24, 2.45) is 0 Å². The first-order chi connectivity index (χ1) is 11.4. The minimum Gasteiger partial charge on any atom is -0.387 e. The van der Waals surface area contributed by atoms with Crippen LogP contribution in [-0.2, 0) is 25.6 Å². The van der Waals surface area contributed by atoms with Gasteiger partial charge < -0.3 is 24.1 Å². The minimum atomic E-state index is -1.06. The van der Waals surface area contributed by atoms with Crippen LogP contribution in [0.2, 0.25) is 0 Å². The van der Waals surface area contributed by atoms with Crippen LogP contribution in [0.4, 0.5) is 0 Å². The lowest BCUT2D eigenvalue weighted by Crippen LogP contribution is -2.38. The minimum absolute atomic E-state index is 0.299. The van der Waals surface area contributed by atoms with Gasteiger partial charge in [0.2, 0.25) is 0 Å². The van der Waals surface area contributed by atoms with E-state index in [1.54, 1.807) is 38.1 Å². The summed E-state index contributed by atoms with van der Waals surface area (Å²) >= 11 is 0. The maximum Gasteiger partial charge on any atom is 0.194 e. The smallest absolute Gasteiger partial charge is 0.194 e. The topological polar surface area (TPSA) is 74.2 Å². The zero-order valence-electron chi connectivity index (χ0n) is 13.8. The van der Waals surface area contributed by atoms with Gasteiger partial charge in [-0.15, -0.1) is 6.58 Å². The van der Waals surface area contributed by atoms with Gasteiger partial charge in [-0.25, -0.2) is 0 Å². The molecule has 0 spiro atoms. The van der Waals surface area contributed by atoms with E-state index >= 15 is 0 Å². The summed E-state index contributed by atoms with van der Waals surface area (Å²) < 4.78 is 22.2. The number of fused-ring (bicyclic) bond motifs is 1. The van der Waals surface area contributed by atoms with E-state index < -0.39 is 30.4 Å². The third-order valence-electron chi connectivity index (χ3n) is 3.99. The number of carbonyl (C=O) groups excluding carboxylic acids is 1. The third-order valence-corrected chi connectivity index (χ3v) is 3.99. The van der Waals surface area contributed by atoms with Gasteiger partial charge in [0, 0.05) is 5.56 Å². The lowest BCUT2D eigenvalue weighted by Gasteiger charge is -2.22. The molecule has 0 aliphatic carbocycles. The van der Waals surface area contributed by atoms with Gasteiger partial charge in [0.25, 0.3) is 0 Å².